The van der Waals surface area contributed by atoms with Crippen molar-refractivity contribution in [1.29, 1.82) is 0 Å². The summed E-state index contributed by atoms with van der Waals surface area (Å²) in [6.45, 7) is 9.67. The number of hydrogen-bond donors (Lipinski definition) is 2. The van der Waals surface area contributed by atoms with Gasteiger partial charge >= 0.3 is 0 Å². The molecule has 2 aromatic heterocycles. The lowest BCUT2D eigenvalue weighted by Crippen LogP contribution is -2.57. The molecule has 2 atom stereocenters. The molecule has 3 rings (SSSR count). The second kappa shape index (κ2) is 6.63. The summed E-state index contributed by atoms with van der Waals surface area (Å²) in [7, 11) is 1.78. The van der Waals surface area contributed by atoms with Crippen molar-refractivity contribution >= 4 is 16.9 Å². The Bertz CT molecular complexity index is 866. The molecule has 1 saturated heterocycles. The minimum absolute atomic E-state index is 0.125. The predicted molar refractivity (Wildman–Crippen MR) is 97.8 cm³/mol. The zero-order valence-electron chi connectivity index (χ0n) is 15.6. The summed E-state index contributed by atoms with van der Waals surface area (Å²) in [5, 5.41) is 6.77. The van der Waals surface area contributed by atoms with E-state index < -0.39 is 0 Å². The molecule has 2 aromatic rings. The maximum Gasteiger partial charge on any atom is 0.273 e. The summed E-state index contributed by atoms with van der Waals surface area (Å²) in [6, 6.07) is 0.503. The van der Waals surface area contributed by atoms with Crippen LogP contribution < -0.4 is 10.9 Å². The van der Waals surface area contributed by atoms with Crippen molar-refractivity contribution in [3.05, 3.63) is 27.2 Å². The normalized spacial score (nSPS) is 21.1. The Morgan fingerprint density at radius 3 is 2.76 bits per heavy atom. The fourth-order valence-electron chi connectivity index (χ4n) is 3.80. The molecular weight excluding hydrogens is 318 g/mol. The minimum atomic E-state index is -0.125. The summed E-state index contributed by atoms with van der Waals surface area (Å²) in [5.74, 6) is 0.168. The lowest BCUT2D eigenvalue weighted by Gasteiger charge is -2.38. The van der Waals surface area contributed by atoms with Gasteiger partial charge in [-0.1, -0.05) is 0 Å². The standard InChI is InChI=1S/C18H27N5O2/c1-10-14(12(3)20-17-16(10)18(25)21-22(17)5)6-7-15(24)23-9-8-19-11(2)13(23)4/h11,13,19H,6-9H2,1-5H3,(H,21,25). The van der Waals surface area contributed by atoms with Gasteiger partial charge in [0.15, 0.2) is 5.65 Å². The minimum Gasteiger partial charge on any atom is -0.337 e. The van der Waals surface area contributed by atoms with E-state index in [0.29, 0.717) is 29.9 Å². The van der Waals surface area contributed by atoms with E-state index in [0.717, 1.165) is 29.9 Å². The first-order chi connectivity index (χ1) is 11.8. The molecule has 1 amide bonds. The summed E-state index contributed by atoms with van der Waals surface area (Å²) in [5.41, 5.74) is 3.36. The first kappa shape index (κ1) is 17.7. The average Bonchev–Trinajstić information content (AvgIpc) is 2.83. The molecular formula is C18H27N5O2. The number of aromatic nitrogens is 3. The first-order valence-electron chi connectivity index (χ1n) is 8.89. The molecule has 1 aliphatic heterocycles. The Labute approximate surface area is 147 Å². The van der Waals surface area contributed by atoms with E-state index in [1.807, 2.05) is 18.7 Å². The number of carbonyl (C=O) groups is 1. The molecule has 7 nitrogen and oxygen atoms in total. The third-order valence-corrected chi connectivity index (χ3v) is 5.52. The van der Waals surface area contributed by atoms with Crippen molar-refractivity contribution in [2.24, 2.45) is 7.05 Å². The molecule has 0 saturated carbocycles. The predicted octanol–water partition coefficient (Wildman–Crippen LogP) is 1.02. The van der Waals surface area contributed by atoms with Crippen LogP contribution in [0.2, 0.25) is 0 Å². The van der Waals surface area contributed by atoms with Crippen LogP contribution >= 0.6 is 0 Å². The smallest absolute Gasteiger partial charge is 0.273 e. The summed E-state index contributed by atoms with van der Waals surface area (Å²) in [6.07, 6.45) is 1.05. The Morgan fingerprint density at radius 2 is 2.04 bits per heavy atom. The average molecular weight is 345 g/mol. The topological polar surface area (TPSA) is 83.0 Å². The van der Waals surface area contributed by atoms with Crippen LogP contribution in [-0.4, -0.2) is 50.7 Å². The number of aromatic amines is 1. The van der Waals surface area contributed by atoms with E-state index in [-0.39, 0.29) is 17.5 Å². The Kier molecular flexibility index (Phi) is 4.69. The van der Waals surface area contributed by atoms with Crippen LogP contribution in [0, 0.1) is 13.8 Å². The molecule has 1 aliphatic rings. The number of carbonyl (C=O) groups excluding carboxylic acids is 1. The maximum atomic E-state index is 12.7. The molecule has 0 bridgehead atoms. The number of pyridine rings is 1. The van der Waals surface area contributed by atoms with Crippen molar-refractivity contribution in [2.45, 2.75) is 52.6 Å². The third kappa shape index (κ3) is 3.08. The van der Waals surface area contributed by atoms with Gasteiger partial charge < -0.3 is 10.2 Å². The maximum absolute atomic E-state index is 12.7. The number of nitrogens with one attached hydrogen (secondary N) is 2. The van der Waals surface area contributed by atoms with E-state index in [2.05, 4.69) is 29.2 Å². The van der Waals surface area contributed by atoms with Gasteiger partial charge in [-0.3, -0.25) is 19.4 Å². The molecule has 0 radical (unpaired) electrons. The third-order valence-electron chi connectivity index (χ3n) is 5.52. The molecule has 0 aromatic carbocycles. The highest BCUT2D eigenvalue weighted by Gasteiger charge is 2.28. The van der Waals surface area contributed by atoms with E-state index in [9.17, 15) is 9.59 Å². The Balaban J connectivity index is 1.83. The summed E-state index contributed by atoms with van der Waals surface area (Å²) < 4.78 is 1.65. The van der Waals surface area contributed by atoms with Crippen molar-refractivity contribution in [1.82, 2.24) is 25.0 Å². The lowest BCUT2D eigenvalue weighted by atomic mass is 9.99. The molecule has 136 valence electrons. The molecule has 0 aliphatic carbocycles. The van der Waals surface area contributed by atoms with Gasteiger partial charge in [0, 0.05) is 44.3 Å². The Morgan fingerprint density at radius 1 is 1.32 bits per heavy atom. The molecule has 0 spiro atoms. The van der Waals surface area contributed by atoms with Crippen LogP contribution in [0.25, 0.3) is 11.0 Å². The molecule has 2 unspecified atom stereocenters. The van der Waals surface area contributed by atoms with Crippen molar-refractivity contribution in [3.8, 4) is 0 Å². The van der Waals surface area contributed by atoms with Crippen molar-refractivity contribution in [3.63, 3.8) is 0 Å². The molecule has 2 N–H and O–H groups in total. The van der Waals surface area contributed by atoms with Gasteiger partial charge in [0.05, 0.1) is 5.39 Å². The quantitative estimate of drug-likeness (QED) is 0.870. The van der Waals surface area contributed by atoms with Gasteiger partial charge in [-0.05, 0) is 45.2 Å². The molecule has 1 fully saturated rings. The van der Waals surface area contributed by atoms with E-state index >= 15 is 0 Å². The number of aryl methyl sites for hydroxylation is 3. The summed E-state index contributed by atoms with van der Waals surface area (Å²) >= 11 is 0. The van der Waals surface area contributed by atoms with Crippen LogP contribution in [0.3, 0.4) is 0 Å². The van der Waals surface area contributed by atoms with Gasteiger partial charge in [-0.15, -0.1) is 0 Å². The lowest BCUT2D eigenvalue weighted by molar-refractivity contribution is -0.134. The van der Waals surface area contributed by atoms with Crippen LogP contribution in [-0.2, 0) is 18.3 Å². The van der Waals surface area contributed by atoms with Crippen LogP contribution in [0.4, 0.5) is 0 Å². The fourth-order valence-corrected chi connectivity index (χ4v) is 3.80. The zero-order chi connectivity index (χ0) is 18.3. The highest BCUT2D eigenvalue weighted by molar-refractivity contribution is 5.81. The van der Waals surface area contributed by atoms with Gasteiger partial charge in [0.25, 0.3) is 5.56 Å². The van der Waals surface area contributed by atoms with Gasteiger partial charge in [0.1, 0.15) is 0 Å². The molecule has 3 heterocycles. The molecule has 7 heteroatoms. The largest absolute Gasteiger partial charge is 0.337 e. The molecule has 25 heavy (non-hydrogen) atoms. The number of piperazine rings is 1. The number of nitrogens with zero attached hydrogens (tertiary/aromatic N) is 3. The summed E-state index contributed by atoms with van der Waals surface area (Å²) in [4.78, 5) is 31.4. The number of amides is 1. The van der Waals surface area contributed by atoms with Crippen LogP contribution in [0.1, 0.15) is 37.1 Å². The van der Waals surface area contributed by atoms with Gasteiger partial charge in [-0.25, -0.2) is 4.98 Å². The second-order valence-corrected chi connectivity index (χ2v) is 7.07. The van der Waals surface area contributed by atoms with Gasteiger partial charge in [0.2, 0.25) is 5.91 Å². The number of fused-ring (bicyclic) bond motifs is 1. The monoisotopic (exact) mass is 345 g/mol. The van der Waals surface area contributed by atoms with E-state index in [1.54, 1.807) is 11.7 Å². The SMILES string of the molecule is Cc1nc2c(c(C)c1CCC(=O)N1CCNC(C)C1C)c(=O)[nH]n2C. The van der Waals surface area contributed by atoms with E-state index in [4.69, 9.17) is 0 Å². The van der Waals surface area contributed by atoms with E-state index in [1.165, 1.54) is 0 Å². The zero-order valence-corrected chi connectivity index (χ0v) is 15.6. The van der Waals surface area contributed by atoms with Crippen LogP contribution in [0.5, 0.6) is 0 Å². The first-order valence-corrected chi connectivity index (χ1v) is 8.89. The Hall–Kier alpha value is -2.15. The number of H-pyrrole nitrogens is 1. The highest BCUT2D eigenvalue weighted by Crippen LogP contribution is 2.22. The van der Waals surface area contributed by atoms with Gasteiger partial charge in [-0.2, -0.15) is 0 Å². The fraction of sp³-hybridized carbons (Fsp3) is 0.611. The number of hydrogen-bond acceptors (Lipinski definition) is 4. The van der Waals surface area contributed by atoms with Crippen molar-refractivity contribution < 1.29 is 4.79 Å². The van der Waals surface area contributed by atoms with Crippen molar-refractivity contribution in [2.75, 3.05) is 13.1 Å². The second-order valence-electron chi connectivity index (χ2n) is 7.07. The highest BCUT2D eigenvalue weighted by atomic mass is 16.2. The number of rotatable bonds is 3. The van der Waals surface area contributed by atoms with Crippen LogP contribution in [0.15, 0.2) is 4.79 Å².